The van der Waals surface area contributed by atoms with Gasteiger partial charge in [0.25, 0.3) is 0 Å². The van der Waals surface area contributed by atoms with E-state index in [2.05, 4.69) is 55.4 Å². The molecular weight excluding hydrogens is 1080 g/mol. The molecule has 0 bridgehead atoms. The van der Waals surface area contributed by atoms with Gasteiger partial charge in [-0.15, -0.1) is 0 Å². The van der Waals surface area contributed by atoms with Crippen molar-refractivity contribution in [3.05, 3.63) is 0 Å². The van der Waals surface area contributed by atoms with Crippen molar-refractivity contribution in [3.8, 4) is 0 Å². The highest BCUT2D eigenvalue weighted by atomic mass is 31.2. The second kappa shape index (κ2) is 52.4. The number of phosphoric ester groups is 2. The zero-order valence-electron chi connectivity index (χ0n) is 52.4. The predicted molar refractivity (Wildman–Crippen MR) is 321 cm³/mol. The third kappa shape index (κ3) is 55.7. The number of esters is 4. The van der Waals surface area contributed by atoms with E-state index in [-0.39, 0.29) is 25.7 Å². The Balaban J connectivity index is 5.25. The van der Waals surface area contributed by atoms with Crippen LogP contribution in [-0.4, -0.2) is 96.7 Å². The summed E-state index contributed by atoms with van der Waals surface area (Å²) >= 11 is 0. The van der Waals surface area contributed by atoms with E-state index in [4.69, 9.17) is 37.0 Å². The van der Waals surface area contributed by atoms with Gasteiger partial charge in [0.05, 0.1) is 26.4 Å². The molecule has 480 valence electrons. The Morgan fingerprint density at radius 2 is 0.593 bits per heavy atom. The molecule has 81 heavy (non-hydrogen) atoms. The standard InChI is InChI=1S/C62H120O17P2/c1-9-55(8)41-33-25-15-11-13-17-29-37-45-62(67)79-58(49-73-60(65)43-35-27-21-19-24-32-40-54(6)7)51-77-81(70,71)75-47-56(63)46-74-80(68,69)76-50-57(48-72-59(64)42-34-26-20-18-23-31-39-53(4)5)78-61(66)44-36-28-16-12-10-14-22-30-38-52(2)3/h52-58,63H,9-51H2,1-8H3,(H,68,69)(H,70,71)/t55?,56-,57+,58+/m0/s1. The summed E-state index contributed by atoms with van der Waals surface area (Å²) in [6.07, 6.45) is 31.0. The number of phosphoric acid groups is 2. The molecule has 0 amide bonds. The van der Waals surface area contributed by atoms with Crippen molar-refractivity contribution in [2.24, 2.45) is 23.7 Å². The van der Waals surface area contributed by atoms with Crippen LogP contribution >= 0.6 is 15.6 Å². The zero-order chi connectivity index (χ0) is 60.4. The number of carbonyl (C=O) groups is 4. The van der Waals surface area contributed by atoms with Gasteiger partial charge in [-0.2, -0.15) is 0 Å². The third-order valence-electron chi connectivity index (χ3n) is 14.4. The fraction of sp³-hybridized carbons (Fsp3) is 0.935. The van der Waals surface area contributed by atoms with Gasteiger partial charge in [0.15, 0.2) is 12.2 Å². The summed E-state index contributed by atoms with van der Waals surface area (Å²) in [4.78, 5) is 72.1. The first-order valence-corrected chi connectivity index (χ1v) is 35.2. The molecule has 19 heteroatoms. The van der Waals surface area contributed by atoms with Gasteiger partial charge in [0.2, 0.25) is 0 Å². The minimum absolute atomic E-state index is 0.102. The number of unbranched alkanes of at least 4 members (excludes halogenated alkanes) is 24. The van der Waals surface area contributed by atoms with Gasteiger partial charge in [0.1, 0.15) is 19.3 Å². The summed E-state index contributed by atoms with van der Waals surface area (Å²) in [5.74, 6) is 0.700. The number of hydrogen-bond donors (Lipinski definition) is 3. The summed E-state index contributed by atoms with van der Waals surface area (Å²) in [5.41, 5.74) is 0. The van der Waals surface area contributed by atoms with Crippen LogP contribution < -0.4 is 0 Å². The van der Waals surface area contributed by atoms with E-state index < -0.39 is 97.5 Å². The van der Waals surface area contributed by atoms with Crippen LogP contribution in [-0.2, 0) is 65.4 Å². The molecule has 0 fully saturated rings. The quantitative estimate of drug-likeness (QED) is 0.0222. The van der Waals surface area contributed by atoms with Gasteiger partial charge >= 0.3 is 39.5 Å². The number of aliphatic hydroxyl groups excluding tert-OH is 1. The molecule has 3 unspecified atom stereocenters. The fourth-order valence-corrected chi connectivity index (χ4v) is 10.6. The molecule has 0 aliphatic carbocycles. The Morgan fingerprint density at radius 3 is 0.877 bits per heavy atom. The molecule has 0 radical (unpaired) electrons. The van der Waals surface area contributed by atoms with Crippen molar-refractivity contribution < 1.29 is 80.2 Å². The molecule has 0 aliphatic rings. The lowest BCUT2D eigenvalue weighted by Gasteiger charge is -2.21. The maximum Gasteiger partial charge on any atom is 0.472 e. The van der Waals surface area contributed by atoms with E-state index in [0.717, 1.165) is 115 Å². The first-order valence-electron chi connectivity index (χ1n) is 32.2. The highest BCUT2D eigenvalue weighted by Crippen LogP contribution is 2.45. The molecule has 3 N–H and O–H groups in total. The molecule has 0 heterocycles. The number of aliphatic hydroxyl groups is 1. The Morgan fingerprint density at radius 1 is 0.346 bits per heavy atom. The molecule has 6 atom stereocenters. The summed E-state index contributed by atoms with van der Waals surface area (Å²) in [5, 5.41) is 10.5. The lowest BCUT2D eigenvalue weighted by atomic mass is 9.99. The highest BCUT2D eigenvalue weighted by molar-refractivity contribution is 7.47. The van der Waals surface area contributed by atoms with E-state index in [1.807, 2.05) is 0 Å². The maximum atomic E-state index is 12.9. The maximum absolute atomic E-state index is 12.9. The van der Waals surface area contributed by atoms with Gasteiger partial charge in [-0.3, -0.25) is 37.3 Å². The topological polar surface area (TPSA) is 237 Å². The number of ether oxygens (including phenoxy) is 4. The Kier molecular flexibility index (Phi) is 51.1. The van der Waals surface area contributed by atoms with Crippen molar-refractivity contribution in [2.45, 2.75) is 311 Å². The molecule has 0 saturated carbocycles. The molecular formula is C62H120O17P2. The van der Waals surface area contributed by atoms with E-state index in [1.165, 1.54) is 83.5 Å². The monoisotopic (exact) mass is 1200 g/mol. The molecule has 0 rings (SSSR count). The van der Waals surface area contributed by atoms with Gasteiger partial charge in [-0.25, -0.2) is 9.13 Å². The SMILES string of the molecule is CCC(C)CCCCCCCCCCC(=O)O[C@H](COC(=O)CCCCCCCCC(C)C)COP(=O)(O)OC[C@@H](O)COP(=O)(O)OC[C@@H](COC(=O)CCCCCCCCC(C)C)OC(=O)CCCCCCCCCCC(C)C. The van der Waals surface area contributed by atoms with Crippen LogP contribution in [0.4, 0.5) is 0 Å². The van der Waals surface area contributed by atoms with E-state index >= 15 is 0 Å². The summed E-state index contributed by atoms with van der Waals surface area (Å²) < 4.78 is 67.9. The summed E-state index contributed by atoms with van der Waals surface area (Å²) in [6.45, 7) is 13.9. The van der Waals surface area contributed by atoms with Gasteiger partial charge in [-0.05, 0) is 49.4 Å². The molecule has 17 nitrogen and oxygen atoms in total. The van der Waals surface area contributed by atoms with E-state index in [1.54, 1.807) is 0 Å². The number of rotatable bonds is 59. The lowest BCUT2D eigenvalue weighted by Crippen LogP contribution is -2.30. The van der Waals surface area contributed by atoms with Crippen molar-refractivity contribution >= 4 is 39.5 Å². The molecule has 0 aliphatic heterocycles. The Bertz CT molecular complexity index is 1630. The van der Waals surface area contributed by atoms with Crippen LogP contribution in [0, 0.1) is 23.7 Å². The van der Waals surface area contributed by atoms with Crippen molar-refractivity contribution in [1.82, 2.24) is 0 Å². The molecule has 0 aromatic carbocycles. The van der Waals surface area contributed by atoms with Crippen LogP contribution in [0.2, 0.25) is 0 Å². The predicted octanol–water partition coefficient (Wildman–Crippen LogP) is 16.6. The fourth-order valence-electron chi connectivity index (χ4n) is 9.04. The minimum Gasteiger partial charge on any atom is -0.462 e. The normalized spacial score (nSPS) is 14.8. The molecule has 0 saturated heterocycles. The smallest absolute Gasteiger partial charge is 0.462 e. The van der Waals surface area contributed by atoms with Gasteiger partial charge in [0, 0.05) is 25.7 Å². The Hall–Kier alpha value is -1.94. The third-order valence-corrected chi connectivity index (χ3v) is 16.3. The van der Waals surface area contributed by atoms with Crippen molar-refractivity contribution in [1.29, 1.82) is 0 Å². The summed E-state index contributed by atoms with van der Waals surface area (Å²) in [7, 11) is -9.88. The average Bonchev–Trinajstić information content (AvgIpc) is 3.41. The van der Waals surface area contributed by atoms with Crippen LogP contribution in [0.25, 0.3) is 0 Å². The molecule has 0 spiro atoms. The number of hydrogen-bond acceptors (Lipinski definition) is 15. The lowest BCUT2D eigenvalue weighted by molar-refractivity contribution is -0.161. The largest absolute Gasteiger partial charge is 0.472 e. The van der Waals surface area contributed by atoms with Crippen LogP contribution in [0.5, 0.6) is 0 Å². The first kappa shape index (κ1) is 79.1. The molecule has 0 aromatic heterocycles. The van der Waals surface area contributed by atoms with Gasteiger partial charge < -0.3 is 33.8 Å². The highest BCUT2D eigenvalue weighted by Gasteiger charge is 2.30. The zero-order valence-corrected chi connectivity index (χ0v) is 54.2. The van der Waals surface area contributed by atoms with Crippen LogP contribution in [0.1, 0.15) is 293 Å². The Labute approximate surface area is 492 Å². The van der Waals surface area contributed by atoms with Gasteiger partial charge in [-0.1, -0.05) is 242 Å². The second-order valence-corrected chi connectivity index (χ2v) is 27.0. The summed E-state index contributed by atoms with van der Waals surface area (Å²) in [6, 6.07) is 0. The molecule has 0 aromatic rings. The van der Waals surface area contributed by atoms with E-state index in [0.29, 0.717) is 37.5 Å². The average molecular weight is 1200 g/mol. The van der Waals surface area contributed by atoms with Crippen molar-refractivity contribution in [3.63, 3.8) is 0 Å². The van der Waals surface area contributed by atoms with E-state index in [9.17, 15) is 43.2 Å². The second-order valence-electron chi connectivity index (χ2n) is 24.1. The first-order chi connectivity index (χ1) is 38.6. The van der Waals surface area contributed by atoms with Crippen molar-refractivity contribution in [2.75, 3.05) is 39.6 Å². The number of carbonyl (C=O) groups excluding carboxylic acids is 4. The van der Waals surface area contributed by atoms with Crippen LogP contribution in [0.3, 0.4) is 0 Å². The van der Waals surface area contributed by atoms with Crippen LogP contribution in [0.15, 0.2) is 0 Å². The minimum atomic E-state index is -4.94.